The number of halogens is 1. The Morgan fingerprint density at radius 1 is 1.25 bits per heavy atom. The highest BCUT2D eigenvalue weighted by molar-refractivity contribution is 6.02. The minimum absolute atomic E-state index is 0.125. The molecule has 2 aromatic carbocycles. The molecule has 0 heterocycles. The van der Waals surface area contributed by atoms with Crippen LogP contribution in [0.5, 0.6) is 5.75 Å². The van der Waals surface area contributed by atoms with Crippen LogP contribution >= 0.6 is 0 Å². The Morgan fingerprint density at radius 3 is 2.65 bits per heavy atom. The zero-order valence-corrected chi connectivity index (χ0v) is 11.4. The van der Waals surface area contributed by atoms with Crippen molar-refractivity contribution >= 4 is 11.5 Å². The van der Waals surface area contributed by atoms with Gasteiger partial charge in [0.05, 0.1) is 7.11 Å². The fraction of sp³-hybridized carbons (Fsp3) is 0.188. The number of Topliss-reactive ketones (excluding diaryl/α,β-unsaturated/α-hetero) is 1. The molecule has 0 radical (unpaired) electrons. The molecule has 2 aromatic rings. The standard InChI is InChI=1S/C16H16FNO2/c1-10-3-4-12(17)7-11(10)8-16(19)14-6-5-13(20-2)9-15(14)18/h3-7,9H,8,18H2,1-2H3. The summed E-state index contributed by atoms with van der Waals surface area (Å²) in [5.74, 6) is 0.112. The summed E-state index contributed by atoms with van der Waals surface area (Å²) < 4.78 is 18.3. The molecule has 0 aliphatic rings. The van der Waals surface area contributed by atoms with Gasteiger partial charge in [0.25, 0.3) is 0 Å². The average Bonchev–Trinajstić information content (AvgIpc) is 2.42. The molecule has 20 heavy (non-hydrogen) atoms. The van der Waals surface area contributed by atoms with E-state index in [1.807, 2.05) is 6.92 Å². The van der Waals surface area contributed by atoms with Crippen molar-refractivity contribution in [3.63, 3.8) is 0 Å². The molecule has 0 saturated heterocycles. The molecule has 0 saturated carbocycles. The second kappa shape index (κ2) is 5.74. The summed E-state index contributed by atoms with van der Waals surface area (Å²) in [6, 6.07) is 9.34. The van der Waals surface area contributed by atoms with Crippen molar-refractivity contribution in [1.29, 1.82) is 0 Å². The third-order valence-corrected chi connectivity index (χ3v) is 3.22. The molecular formula is C16H16FNO2. The van der Waals surface area contributed by atoms with Gasteiger partial charge in [0.2, 0.25) is 0 Å². The summed E-state index contributed by atoms with van der Waals surface area (Å²) in [6.07, 6.45) is 0.125. The highest BCUT2D eigenvalue weighted by Gasteiger charge is 2.13. The zero-order chi connectivity index (χ0) is 14.7. The van der Waals surface area contributed by atoms with Crippen LogP contribution in [0.4, 0.5) is 10.1 Å². The number of carbonyl (C=O) groups is 1. The molecule has 104 valence electrons. The fourth-order valence-electron chi connectivity index (χ4n) is 2.02. The quantitative estimate of drug-likeness (QED) is 0.687. The van der Waals surface area contributed by atoms with E-state index >= 15 is 0 Å². The van der Waals surface area contributed by atoms with Gasteiger partial charge >= 0.3 is 0 Å². The molecule has 0 atom stereocenters. The smallest absolute Gasteiger partial charge is 0.169 e. The summed E-state index contributed by atoms with van der Waals surface area (Å²) in [4.78, 5) is 12.3. The summed E-state index contributed by atoms with van der Waals surface area (Å²) in [6.45, 7) is 1.85. The van der Waals surface area contributed by atoms with Crippen LogP contribution in [0.3, 0.4) is 0 Å². The third kappa shape index (κ3) is 2.96. The highest BCUT2D eigenvalue weighted by atomic mass is 19.1. The van der Waals surface area contributed by atoms with Gasteiger partial charge in [0.15, 0.2) is 5.78 Å². The first kappa shape index (κ1) is 14.1. The molecule has 0 amide bonds. The lowest BCUT2D eigenvalue weighted by Crippen LogP contribution is -2.08. The summed E-state index contributed by atoms with van der Waals surface area (Å²) >= 11 is 0. The molecule has 0 unspecified atom stereocenters. The van der Waals surface area contributed by atoms with Crippen LogP contribution < -0.4 is 10.5 Å². The molecule has 0 fully saturated rings. The molecule has 0 aliphatic heterocycles. The van der Waals surface area contributed by atoms with E-state index in [-0.39, 0.29) is 18.0 Å². The van der Waals surface area contributed by atoms with Crippen molar-refractivity contribution < 1.29 is 13.9 Å². The van der Waals surface area contributed by atoms with Crippen molar-refractivity contribution in [2.75, 3.05) is 12.8 Å². The van der Waals surface area contributed by atoms with Gasteiger partial charge in [0.1, 0.15) is 11.6 Å². The Hall–Kier alpha value is -2.36. The van der Waals surface area contributed by atoms with Crippen molar-refractivity contribution in [3.05, 3.63) is 58.9 Å². The molecular weight excluding hydrogens is 257 g/mol. The van der Waals surface area contributed by atoms with E-state index in [1.54, 1.807) is 24.3 Å². The lowest BCUT2D eigenvalue weighted by Gasteiger charge is -2.09. The number of ether oxygens (including phenoxy) is 1. The van der Waals surface area contributed by atoms with E-state index in [0.717, 1.165) is 5.56 Å². The van der Waals surface area contributed by atoms with Crippen LogP contribution in [0.2, 0.25) is 0 Å². The van der Waals surface area contributed by atoms with Crippen LogP contribution in [-0.2, 0) is 6.42 Å². The molecule has 0 aliphatic carbocycles. The summed E-state index contributed by atoms with van der Waals surface area (Å²) in [5, 5.41) is 0. The number of benzene rings is 2. The van der Waals surface area contributed by atoms with E-state index in [4.69, 9.17) is 10.5 Å². The number of carbonyl (C=O) groups excluding carboxylic acids is 1. The number of aryl methyl sites for hydroxylation is 1. The number of hydrogen-bond acceptors (Lipinski definition) is 3. The van der Waals surface area contributed by atoms with Crippen molar-refractivity contribution in [2.24, 2.45) is 0 Å². The van der Waals surface area contributed by atoms with Crippen LogP contribution in [-0.4, -0.2) is 12.9 Å². The minimum atomic E-state index is -0.346. The number of anilines is 1. The normalized spacial score (nSPS) is 10.3. The molecule has 0 aromatic heterocycles. The first-order chi connectivity index (χ1) is 9.51. The van der Waals surface area contributed by atoms with Gasteiger partial charge in [-0.05, 0) is 42.3 Å². The number of hydrogen-bond donors (Lipinski definition) is 1. The zero-order valence-electron chi connectivity index (χ0n) is 11.4. The van der Waals surface area contributed by atoms with E-state index in [0.29, 0.717) is 22.6 Å². The second-order valence-electron chi connectivity index (χ2n) is 4.62. The maximum Gasteiger partial charge on any atom is 0.169 e. The van der Waals surface area contributed by atoms with Crippen molar-refractivity contribution in [1.82, 2.24) is 0 Å². The Bertz CT molecular complexity index is 653. The van der Waals surface area contributed by atoms with Crippen LogP contribution in [0.1, 0.15) is 21.5 Å². The first-order valence-electron chi connectivity index (χ1n) is 6.23. The van der Waals surface area contributed by atoms with Gasteiger partial charge in [-0.15, -0.1) is 0 Å². The van der Waals surface area contributed by atoms with Crippen molar-refractivity contribution in [2.45, 2.75) is 13.3 Å². The average molecular weight is 273 g/mol. The monoisotopic (exact) mass is 273 g/mol. The van der Waals surface area contributed by atoms with E-state index in [1.165, 1.54) is 19.2 Å². The van der Waals surface area contributed by atoms with Crippen LogP contribution in [0.15, 0.2) is 36.4 Å². The maximum absolute atomic E-state index is 13.2. The van der Waals surface area contributed by atoms with Crippen molar-refractivity contribution in [3.8, 4) is 5.75 Å². The molecule has 3 nitrogen and oxygen atoms in total. The van der Waals surface area contributed by atoms with Crippen LogP contribution in [0, 0.1) is 12.7 Å². The van der Waals surface area contributed by atoms with Gasteiger partial charge in [-0.25, -0.2) is 4.39 Å². The Morgan fingerprint density at radius 2 is 2.00 bits per heavy atom. The second-order valence-corrected chi connectivity index (χ2v) is 4.62. The summed E-state index contributed by atoms with van der Waals surface area (Å²) in [5.41, 5.74) is 8.19. The number of ketones is 1. The lowest BCUT2D eigenvalue weighted by atomic mass is 9.98. The molecule has 0 bridgehead atoms. The largest absolute Gasteiger partial charge is 0.497 e. The Kier molecular flexibility index (Phi) is 4.03. The topological polar surface area (TPSA) is 52.3 Å². The van der Waals surface area contributed by atoms with E-state index in [2.05, 4.69) is 0 Å². The predicted octanol–water partition coefficient (Wildman–Crippen LogP) is 3.15. The van der Waals surface area contributed by atoms with Gasteiger partial charge < -0.3 is 10.5 Å². The highest BCUT2D eigenvalue weighted by Crippen LogP contribution is 2.22. The Labute approximate surface area is 117 Å². The van der Waals surface area contributed by atoms with E-state index < -0.39 is 0 Å². The molecule has 4 heteroatoms. The minimum Gasteiger partial charge on any atom is -0.497 e. The third-order valence-electron chi connectivity index (χ3n) is 3.22. The van der Waals surface area contributed by atoms with Crippen LogP contribution in [0.25, 0.3) is 0 Å². The van der Waals surface area contributed by atoms with Gasteiger partial charge in [0, 0.05) is 23.7 Å². The maximum atomic E-state index is 13.2. The number of methoxy groups -OCH3 is 1. The number of nitrogen functional groups attached to an aromatic ring is 1. The number of nitrogens with two attached hydrogens (primary N) is 1. The van der Waals surface area contributed by atoms with E-state index in [9.17, 15) is 9.18 Å². The summed E-state index contributed by atoms with van der Waals surface area (Å²) in [7, 11) is 1.53. The first-order valence-corrected chi connectivity index (χ1v) is 6.23. The van der Waals surface area contributed by atoms with Gasteiger partial charge in [-0.1, -0.05) is 6.07 Å². The predicted molar refractivity (Wildman–Crippen MR) is 76.6 cm³/mol. The lowest BCUT2D eigenvalue weighted by molar-refractivity contribution is 0.0993. The fourth-order valence-corrected chi connectivity index (χ4v) is 2.02. The number of rotatable bonds is 4. The molecule has 0 spiro atoms. The SMILES string of the molecule is COc1ccc(C(=O)Cc2cc(F)ccc2C)c(N)c1. The molecule has 2 N–H and O–H groups in total. The molecule has 2 rings (SSSR count). The van der Waals surface area contributed by atoms with Gasteiger partial charge in [-0.3, -0.25) is 4.79 Å². The van der Waals surface area contributed by atoms with Gasteiger partial charge in [-0.2, -0.15) is 0 Å². The Balaban J connectivity index is 2.26.